The summed E-state index contributed by atoms with van der Waals surface area (Å²) in [6, 6.07) is 0. The van der Waals surface area contributed by atoms with Gasteiger partial charge in [0.15, 0.2) is 0 Å². The van der Waals surface area contributed by atoms with Gasteiger partial charge in [-0.1, -0.05) is 20.8 Å². The molecule has 0 aromatic heterocycles. The lowest BCUT2D eigenvalue weighted by Gasteiger charge is -2.38. The van der Waals surface area contributed by atoms with E-state index in [1.807, 2.05) is 0 Å². The molecule has 1 amide bonds. The summed E-state index contributed by atoms with van der Waals surface area (Å²) in [5, 5.41) is 0. The summed E-state index contributed by atoms with van der Waals surface area (Å²) in [7, 11) is 0. The van der Waals surface area contributed by atoms with Crippen molar-refractivity contribution in [2.24, 2.45) is 17.3 Å². The zero-order valence-electron chi connectivity index (χ0n) is 10.8. The fourth-order valence-electron chi connectivity index (χ4n) is 2.67. The molecule has 98 valence electrons. The molecular weight excluding hydrogens is 224 g/mol. The molecule has 1 heterocycles. The van der Waals surface area contributed by atoms with E-state index in [2.05, 4.69) is 20.8 Å². The van der Waals surface area contributed by atoms with Crippen molar-refractivity contribution in [2.45, 2.75) is 46.0 Å². The van der Waals surface area contributed by atoms with E-state index in [4.69, 9.17) is 0 Å². The van der Waals surface area contributed by atoms with Gasteiger partial charge in [-0.05, 0) is 24.2 Å². The largest absolute Gasteiger partial charge is 0.342 e. The highest BCUT2D eigenvalue weighted by molar-refractivity contribution is 5.83. The number of likely N-dealkylation sites (tertiary alicyclic amines) is 1. The monoisotopic (exact) mass is 245 g/mol. The SMILES string of the molecule is CC(C)(C)C1CCN(C(=O)C2CC2(F)F)CC1. The van der Waals surface area contributed by atoms with Crippen LogP contribution in [0.4, 0.5) is 8.78 Å². The Morgan fingerprint density at radius 2 is 1.71 bits per heavy atom. The molecule has 1 saturated heterocycles. The minimum Gasteiger partial charge on any atom is -0.342 e. The third-order valence-corrected chi connectivity index (χ3v) is 4.16. The molecule has 1 unspecified atom stereocenters. The number of rotatable bonds is 1. The van der Waals surface area contributed by atoms with Gasteiger partial charge in [0.1, 0.15) is 5.92 Å². The zero-order chi connectivity index (χ0) is 12.8. The molecular formula is C13H21F2NO. The minimum absolute atomic E-state index is 0.245. The number of hydrogen-bond donors (Lipinski definition) is 0. The number of halogens is 2. The quantitative estimate of drug-likeness (QED) is 0.695. The Bertz CT molecular complexity index is 314. The van der Waals surface area contributed by atoms with Crippen LogP contribution in [0.5, 0.6) is 0 Å². The molecule has 1 aliphatic carbocycles. The summed E-state index contributed by atoms with van der Waals surface area (Å²) in [4.78, 5) is 13.4. The first-order valence-electron chi connectivity index (χ1n) is 6.38. The Morgan fingerprint density at radius 1 is 1.24 bits per heavy atom. The van der Waals surface area contributed by atoms with Crippen LogP contribution >= 0.6 is 0 Å². The van der Waals surface area contributed by atoms with Crippen LogP contribution in [-0.2, 0) is 4.79 Å². The molecule has 2 rings (SSSR count). The standard InChI is InChI=1S/C13H21F2NO/c1-12(2,3)9-4-6-16(7-5-9)11(17)10-8-13(10,14)15/h9-10H,4-8H2,1-3H3. The maximum Gasteiger partial charge on any atom is 0.260 e. The summed E-state index contributed by atoms with van der Waals surface area (Å²) >= 11 is 0. The lowest BCUT2D eigenvalue weighted by molar-refractivity contribution is -0.136. The Labute approximate surface area is 101 Å². The average molecular weight is 245 g/mol. The Hall–Kier alpha value is -0.670. The summed E-state index contributed by atoms with van der Waals surface area (Å²) in [6.07, 6.45) is 1.63. The van der Waals surface area contributed by atoms with Gasteiger partial charge >= 0.3 is 0 Å². The fraction of sp³-hybridized carbons (Fsp3) is 0.923. The van der Waals surface area contributed by atoms with E-state index in [0.29, 0.717) is 19.0 Å². The van der Waals surface area contributed by atoms with Gasteiger partial charge in [0.25, 0.3) is 5.92 Å². The van der Waals surface area contributed by atoms with Crippen molar-refractivity contribution in [3.8, 4) is 0 Å². The highest BCUT2D eigenvalue weighted by Gasteiger charge is 2.62. The van der Waals surface area contributed by atoms with E-state index in [1.54, 1.807) is 4.90 Å². The summed E-state index contributed by atoms with van der Waals surface area (Å²) < 4.78 is 25.6. The van der Waals surface area contributed by atoms with Gasteiger partial charge < -0.3 is 4.90 Å². The molecule has 2 fully saturated rings. The van der Waals surface area contributed by atoms with Crippen LogP contribution in [0.2, 0.25) is 0 Å². The molecule has 4 heteroatoms. The molecule has 2 aliphatic rings. The number of hydrogen-bond acceptors (Lipinski definition) is 1. The molecule has 0 aromatic rings. The zero-order valence-corrected chi connectivity index (χ0v) is 10.8. The Balaban J connectivity index is 1.86. The van der Waals surface area contributed by atoms with E-state index in [-0.39, 0.29) is 17.7 Å². The van der Waals surface area contributed by atoms with Gasteiger partial charge in [0.2, 0.25) is 5.91 Å². The minimum atomic E-state index is -2.72. The molecule has 1 saturated carbocycles. The van der Waals surface area contributed by atoms with Crippen molar-refractivity contribution in [3.05, 3.63) is 0 Å². The topological polar surface area (TPSA) is 20.3 Å². The van der Waals surface area contributed by atoms with Crippen molar-refractivity contribution in [2.75, 3.05) is 13.1 Å². The van der Waals surface area contributed by atoms with Crippen LogP contribution in [-0.4, -0.2) is 29.8 Å². The maximum absolute atomic E-state index is 12.8. The van der Waals surface area contributed by atoms with Crippen molar-refractivity contribution < 1.29 is 13.6 Å². The Morgan fingerprint density at radius 3 is 2.06 bits per heavy atom. The first-order valence-corrected chi connectivity index (χ1v) is 6.38. The predicted octanol–water partition coefficient (Wildman–Crippen LogP) is 2.93. The molecule has 0 aromatic carbocycles. The van der Waals surface area contributed by atoms with Crippen LogP contribution in [0, 0.1) is 17.3 Å². The number of nitrogens with zero attached hydrogens (tertiary/aromatic N) is 1. The molecule has 0 radical (unpaired) electrons. The second-order valence-corrected chi connectivity index (χ2v) is 6.48. The summed E-state index contributed by atoms with van der Waals surface area (Å²) in [5.41, 5.74) is 0.249. The van der Waals surface area contributed by atoms with E-state index >= 15 is 0 Å². The maximum atomic E-state index is 12.8. The third kappa shape index (κ3) is 2.61. The first-order chi connectivity index (χ1) is 7.72. The number of alkyl halides is 2. The molecule has 17 heavy (non-hydrogen) atoms. The van der Waals surface area contributed by atoms with Crippen LogP contribution < -0.4 is 0 Å². The summed E-state index contributed by atoms with van der Waals surface area (Å²) in [6.45, 7) is 7.89. The lowest BCUT2D eigenvalue weighted by atomic mass is 9.75. The number of piperidine rings is 1. The lowest BCUT2D eigenvalue weighted by Crippen LogP contribution is -2.42. The van der Waals surface area contributed by atoms with Crippen molar-refractivity contribution in [1.82, 2.24) is 4.90 Å². The van der Waals surface area contributed by atoms with Gasteiger partial charge in [-0.3, -0.25) is 4.79 Å². The molecule has 0 spiro atoms. The first kappa shape index (κ1) is 12.8. The molecule has 0 bridgehead atoms. The van der Waals surface area contributed by atoms with Gasteiger partial charge in [-0.25, -0.2) is 8.78 Å². The third-order valence-electron chi connectivity index (χ3n) is 4.16. The van der Waals surface area contributed by atoms with Gasteiger partial charge in [0, 0.05) is 19.5 Å². The second-order valence-electron chi connectivity index (χ2n) is 6.48. The number of carbonyl (C=O) groups excluding carboxylic acids is 1. The fourth-order valence-corrected chi connectivity index (χ4v) is 2.67. The van der Waals surface area contributed by atoms with Crippen LogP contribution in [0.25, 0.3) is 0 Å². The number of amides is 1. The van der Waals surface area contributed by atoms with Gasteiger partial charge in [-0.2, -0.15) is 0 Å². The van der Waals surface area contributed by atoms with Crippen LogP contribution in [0.15, 0.2) is 0 Å². The van der Waals surface area contributed by atoms with E-state index in [9.17, 15) is 13.6 Å². The van der Waals surface area contributed by atoms with Gasteiger partial charge in [0.05, 0.1) is 0 Å². The average Bonchev–Trinajstić information content (AvgIpc) is 2.86. The van der Waals surface area contributed by atoms with Crippen LogP contribution in [0.3, 0.4) is 0 Å². The summed E-state index contributed by atoms with van der Waals surface area (Å²) in [5.74, 6) is -3.49. The normalized spacial score (nSPS) is 29.2. The van der Waals surface area contributed by atoms with E-state index < -0.39 is 11.8 Å². The van der Waals surface area contributed by atoms with Crippen LogP contribution in [0.1, 0.15) is 40.0 Å². The molecule has 0 N–H and O–H groups in total. The van der Waals surface area contributed by atoms with E-state index in [0.717, 1.165) is 12.8 Å². The van der Waals surface area contributed by atoms with Crippen molar-refractivity contribution in [3.63, 3.8) is 0 Å². The smallest absolute Gasteiger partial charge is 0.260 e. The molecule has 2 nitrogen and oxygen atoms in total. The highest BCUT2D eigenvalue weighted by Crippen LogP contribution is 2.50. The van der Waals surface area contributed by atoms with Gasteiger partial charge in [-0.15, -0.1) is 0 Å². The Kier molecular flexibility index (Phi) is 2.95. The molecule has 1 aliphatic heterocycles. The van der Waals surface area contributed by atoms with Crippen molar-refractivity contribution in [1.29, 1.82) is 0 Å². The van der Waals surface area contributed by atoms with Crippen molar-refractivity contribution >= 4 is 5.91 Å². The highest BCUT2D eigenvalue weighted by atomic mass is 19.3. The van der Waals surface area contributed by atoms with E-state index in [1.165, 1.54) is 0 Å². The predicted molar refractivity (Wildman–Crippen MR) is 61.8 cm³/mol. The second kappa shape index (κ2) is 3.92. The molecule has 1 atom stereocenters. The number of carbonyl (C=O) groups is 1.